The van der Waals surface area contributed by atoms with E-state index in [4.69, 9.17) is 15.2 Å². The lowest BCUT2D eigenvalue weighted by Crippen LogP contribution is -1.95. The topological polar surface area (TPSA) is 44.5 Å². The van der Waals surface area contributed by atoms with Crippen molar-refractivity contribution in [2.24, 2.45) is 5.73 Å². The van der Waals surface area contributed by atoms with Gasteiger partial charge >= 0.3 is 0 Å². The van der Waals surface area contributed by atoms with Gasteiger partial charge in [-0.05, 0) is 12.1 Å². The normalized spacial score (nSPS) is 13.9. The first kappa shape index (κ1) is 9.02. The summed E-state index contributed by atoms with van der Waals surface area (Å²) in [6, 6.07) is 2.90. The Bertz CT molecular complexity index is 377. The lowest BCUT2D eigenvalue weighted by Gasteiger charge is -2.01. The fourth-order valence-corrected chi connectivity index (χ4v) is 1.31. The van der Waals surface area contributed by atoms with E-state index in [0.29, 0.717) is 23.6 Å². The van der Waals surface area contributed by atoms with Gasteiger partial charge in [-0.2, -0.15) is 0 Å². The Morgan fingerprint density at radius 1 is 1.43 bits per heavy atom. The summed E-state index contributed by atoms with van der Waals surface area (Å²) in [7, 11) is 0. The second-order valence-electron chi connectivity index (χ2n) is 2.83. The van der Waals surface area contributed by atoms with Gasteiger partial charge in [0.15, 0.2) is 11.5 Å². The van der Waals surface area contributed by atoms with Crippen LogP contribution in [0.1, 0.15) is 5.56 Å². The number of rotatable bonds is 2. The summed E-state index contributed by atoms with van der Waals surface area (Å²) in [6.45, 7) is 0.506. The predicted octanol–water partition coefficient (Wildman–Crippen LogP) is 1.53. The molecule has 0 bridgehead atoms. The van der Waals surface area contributed by atoms with Crippen molar-refractivity contribution in [2.75, 3.05) is 13.3 Å². The summed E-state index contributed by atoms with van der Waals surface area (Å²) in [4.78, 5) is 0. The largest absolute Gasteiger partial charge is 0.454 e. The van der Waals surface area contributed by atoms with Crippen LogP contribution in [0.2, 0.25) is 0 Å². The van der Waals surface area contributed by atoms with Gasteiger partial charge in [-0.25, -0.2) is 4.39 Å². The van der Waals surface area contributed by atoms with Crippen molar-refractivity contribution < 1.29 is 13.9 Å². The van der Waals surface area contributed by atoms with Crippen molar-refractivity contribution in [2.45, 2.75) is 0 Å². The minimum absolute atomic E-state index is 0.141. The van der Waals surface area contributed by atoms with Gasteiger partial charge in [0, 0.05) is 6.54 Å². The maximum atomic E-state index is 13.3. The number of benzene rings is 1. The van der Waals surface area contributed by atoms with E-state index in [0.717, 1.165) is 0 Å². The molecule has 0 aliphatic carbocycles. The highest BCUT2D eigenvalue weighted by Gasteiger charge is 2.19. The van der Waals surface area contributed by atoms with E-state index in [-0.39, 0.29) is 12.6 Å². The zero-order valence-electron chi connectivity index (χ0n) is 7.50. The van der Waals surface area contributed by atoms with Crippen LogP contribution < -0.4 is 15.2 Å². The van der Waals surface area contributed by atoms with E-state index in [1.165, 1.54) is 6.07 Å². The standard InChI is InChI=1S/C10H10FNO2/c11-8-3-4-9-10(14-6-13-9)7(8)2-1-5-12/h1-4H,5-6,12H2/b2-1+. The van der Waals surface area contributed by atoms with Gasteiger partial charge in [0.2, 0.25) is 6.79 Å². The summed E-state index contributed by atoms with van der Waals surface area (Å²) in [5.41, 5.74) is 5.68. The molecule has 1 heterocycles. The molecule has 0 spiro atoms. The third kappa shape index (κ3) is 1.44. The number of halogens is 1. The highest BCUT2D eigenvalue weighted by Crippen LogP contribution is 2.37. The second-order valence-corrected chi connectivity index (χ2v) is 2.83. The number of fused-ring (bicyclic) bond motifs is 1. The molecular formula is C10H10FNO2. The van der Waals surface area contributed by atoms with Gasteiger partial charge in [-0.15, -0.1) is 0 Å². The molecule has 0 radical (unpaired) electrons. The van der Waals surface area contributed by atoms with Crippen molar-refractivity contribution in [1.82, 2.24) is 0 Å². The van der Waals surface area contributed by atoms with Gasteiger partial charge in [0.25, 0.3) is 0 Å². The summed E-state index contributed by atoms with van der Waals surface area (Å²) >= 11 is 0. The lowest BCUT2D eigenvalue weighted by atomic mass is 10.1. The molecule has 0 fully saturated rings. The smallest absolute Gasteiger partial charge is 0.231 e. The number of hydrogen-bond donors (Lipinski definition) is 1. The van der Waals surface area contributed by atoms with E-state index in [1.54, 1.807) is 18.2 Å². The van der Waals surface area contributed by atoms with Crippen molar-refractivity contribution >= 4 is 6.08 Å². The van der Waals surface area contributed by atoms with Crippen LogP contribution in [-0.4, -0.2) is 13.3 Å². The van der Waals surface area contributed by atoms with Crippen LogP contribution in [-0.2, 0) is 0 Å². The Morgan fingerprint density at radius 3 is 3.07 bits per heavy atom. The van der Waals surface area contributed by atoms with Crippen LogP contribution in [0.15, 0.2) is 18.2 Å². The van der Waals surface area contributed by atoms with E-state index < -0.39 is 0 Å². The maximum Gasteiger partial charge on any atom is 0.231 e. The van der Waals surface area contributed by atoms with Crippen LogP contribution in [0, 0.1) is 5.82 Å². The molecule has 0 unspecified atom stereocenters. The zero-order chi connectivity index (χ0) is 9.97. The van der Waals surface area contributed by atoms with Crippen LogP contribution in [0.4, 0.5) is 4.39 Å². The third-order valence-electron chi connectivity index (χ3n) is 1.95. The van der Waals surface area contributed by atoms with E-state index in [2.05, 4.69) is 0 Å². The second kappa shape index (κ2) is 3.67. The van der Waals surface area contributed by atoms with Gasteiger partial charge < -0.3 is 15.2 Å². The summed E-state index contributed by atoms with van der Waals surface area (Å²) in [5, 5.41) is 0. The molecule has 1 aliphatic rings. The summed E-state index contributed by atoms with van der Waals surface area (Å²) < 4.78 is 23.6. The number of ether oxygens (including phenoxy) is 2. The minimum atomic E-state index is -0.334. The molecule has 4 heteroatoms. The Balaban J connectivity index is 2.46. The zero-order valence-corrected chi connectivity index (χ0v) is 7.50. The Kier molecular flexibility index (Phi) is 2.37. The molecular weight excluding hydrogens is 185 g/mol. The first-order valence-corrected chi connectivity index (χ1v) is 4.27. The van der Waals surface area contributed by atoms with Crippen molar-refractivity contribution in [3.63, 3.8) is 0 Å². The quantitative estimate of drug-likeness (QED) is 0.778. The van der Waals surface area contributed by atoms with Gasteiger partial charge in [0.1, 0.15) is 5.82 Å². The molecule has 1 aromatic rings. The molecule has 0 saturated heterocycles. The predicted molar refractivity (Wildman–Crippen MR) is 50.6 cm³/mol. The fraction of sp³-hybridized carbons (Fsp3) is 0.200. The first-order valence-electron chi connectivity index (χ1n) is 4.27. The molecule has 0 atom stereocenters. The van der Waals surface area contributed by atoms with E-state index in [1.807, 2.05) is 0 Å². The molecule has 3 nitrogen and oxygen atoms in total. The van der Waals surface area contributed by atoms with Crippen molar-refractivity contribution in [3.8, 4) is 11.5 Å². The SMILES string of the molecule is NC/C=C/c1c(F)ccc2c1OCO2. The molecule has 74 valence electrons. The van der Waals surface area contributed by atoms with Crippen molar-refractivity contribution in [3.05, 3.63) is 29.6 Å². The average molecular weight is 195 g/mol. The highest BCUT2D eigenvalue weighted by atomic mass is 19.1. The monoisotopic (exact) mass is 195 g/mol. The molecule has 0 aromatic heterocycles. The van der Waals surface area contributed by atoms with Gasteiger partial charge in [0.05, 0.1) is 5.56 Å². The molecule has 1 aromatic carbocycles. The Hall–Kier alpha value is -1.55. The van der Waals surface area contributed by atoms with E-state index in [9.17, 15) is 4.39 Å². The highest BCUT2D eigenvalue weighted by molar-refractivity contribution is 5.63. The molecule has 1 aliphatic heterocycles. The molecule has 2 rings (SSSR count). The molecule has 0 saturated carbocycles. The summed E-state index contributed by atoms with van der Waals surface area (Å²) in [6.07, 6.45) is 3.27. The molecule has 0 amide bonds. The van der Waals surface area contributed by atoms with Gasteiger partial charge in [-0.3, -0.25) is 0 Å². The van der Waals surface area contributed by atoms with Gasteiger partial charge in [-0.1, -0.05) is 12.2 Å². The third-order valence-corrected chi connectivity index (χ3v) is 1.95. The fourth-order valence-electron chi connectivity index (χ4n) is 1.31. The number of hydrogen-bond acceptors (Lipinski definition) is 3. The Labute approximate surface area is 80.9 Å². The maximum absolute atomic E-state index is 13.3. The van der Waals surface area contributed by atoms with Crippen LogP contribution >= 0.6 is 0 Å². The first-order chi connectivity index (χ1) is 6.83. The number of nitrogens with two attached hydrogens (primary N) is 1. The molecule has 14 heavy (non-hydrogen) atoms. The van der Waals surface area contributed by atoms with Crippen LogP contribution in [0.25, 0.3) is 6.08 Å². The van der Waals surface area contributed by atoms with Crippen LogP contribution in [0.5, 0.6) is 11.5 Å². The summed E-state index contributed by atoms with van der Waals surface area (Å²) in [5.74, 6) is 0.691. The molecule has 2 N–H and O–H groups in total. The van der Waals surface area contributed by atoms with Crippen LogP contribution in [0.3, 0.4) is 0 Å². The van der Waals surface area contributed by atoms with Crippen molar-refractivity contribution in [1.29, 1.82) is 0 Å². The van der Waals surface area contributed by atoms with E-state index >= 15 is 0 Å². The minimum Gasteiger partial charge on any atom is -0.454 e. The Morgan fingerprint density at radius 2 is 2.29 bits per heavy atom. The average Bonchev–Trinajstić information content (AvgIpc) is 2.64. The lowest BCUT2D eigenvalue weighted by molar-refractivity contribution is 0.173.